The second-order valence-corrected chi connectivity index (χ2v) is 8.96. The minimum absolute atomic E-state index is 0.0964. The molecule has 2 saturated heterocycles. The summed E-state index contributed by atoms with van der Waals surface area (Å²) in [7, 11) is 0. The molecule has 170 valence electrons. The number of aromatic nitrogens is 2. The number of carbonyl (C=O) groups excluding carboxylic acids is 1. The Balaban J connectivity index is 1.42. The lowest BCUT2D eigenvalue weighted by Crippen LogP contribution is -2.49. The van der Waals surface area contributed by atoms with Crippen molar-refractivity contribution in [2.24, 2.45) is 0 Å². The third-order valence-electron chi connectivity index (χ3n) is 6.91. The Labute approximate surface area is 193 Å². The normalized spacial score (nSPS) is 20.0. The van der Waals surface area contributed by atoms with E-state index in [0.717, 1.165) is 41.9 Å². The summed E-state index contributed by atoms with van der Waals surface area (Å²) >= 11 is 0. The highest BCUT2D eigenvalue weighted by molar-refractivity contribution is 5.89. The van der Waals surface area contributed by atoms with Crippen LogP contribution in [-0.2, 0) is 21.4 Å². The lowest BCUT2D eigenvalue weighted by Gasteiger charge is -2.40. The molecule has 0 spiro atoms. The Hall–Kier alpha value is -3.12. The van der Waals surface area contributed by atoms with Gasteiger partial charge in [0.15, 0.2) is 0 Å². The molecule has 0 unspecified atom stereocenters. The molecule has 0 aliphatic carbocycles. The number of hydrogen-bond donors (Lipinski definition) is 0. The molecule has 1 aromatic heterocycles. The lowest BCUT2D eigenvalue weighted by molar-refractivity contribution is -0.142. The smallest absolute Gasteiger partial charge is 0.233 e. The van der Waals surface area contributed by atoms with Crippen LogP contribution >= 0.6 is 0 Å². The van der Waals surface area contributed by atoms with Crippen LogP contribution in [0.2, 0.25) is 0 Å². The predicted molar refractivity (Wildman–Crippen MR) is 123 cm³/mol. The molecular weight excluding hydrogens is 417 g/mol. The van der Waals surface area contributed by atoms with Gasteiger partial charge in [0.25, 0.3) is 0 Å². The number of nitrogens with zero attached hydrogens (tertiary/aromatic N) is 3. The van der Waals surface area contributed by atoms with E-state index < -0.39 is 5.41 Å². The number of carbonyl (C=O) groups is 1. The van der Waals surface area contributed by atoms with E-state index in [9.17, 15) is 9.18 Å². The molecule has 6 heteroatoms. The van der Waals surface area contributed by atoms with E-state index in [0.29, 0.717) is 32.5 Å². The van der Waals surface area contributed by atoms with Crippen molar-refractivity contribution in [2.45, 2.75) is 43.6 Å². The summed E-state index contributed by atoms with van der Waals surface area (Å²) in [5.74, 6) is -0.0938. The minimum atomic E-state index is -0.561. The monoisotopic (exact) mass is 445 g/mol. The molecule has 2 aliphatic rings. The van der Waals surface area contributed by atoms with E-state index in [1.807, 2.05) is 29.2 Å². The van der Waals surface area contributed by atoms with Gasteiger partial charge in [-0.25, -0.2) is 4.39 Å². The highest BCUT2D eigenvalue weighted by Gasteiger charge is 2.47. The zero-order chi connectivity index (χ0) is 22.7. The van der Waals surface area contributed by atoms with Crippen molar-refractivity contribution in [3.63, 3.8) is 0 Å². The van der Waals surface area contributed by atoms with Gasteiger partial charge < -0.3 is 9.64 Å². The lowest BCUT2D eigenvalue weighted by atomic mass is 9.73. The van der Waals surface area contributed by atoms with Gasteiger partial charge in [-0.3, -0.25) is 14.8 Å². The van der Waals surface area contributed by atoms with E-state index in [-0.39, 0.29) is 17.8 Å². The van der Waals surface area contributed by atoms with Crippen LogP contribution in [0.1, 0.15) is 54.2 Å². The number of hydrogen-bond acceptors (Lipinski definition) is 4. The van der Waals surface area contributed by atoms with E-state index in [2.05, 4.69) is 17.1 Å². The summed E-state index contributed by atoms with van der Waals surface area (Å²) in [5.41, 5.74) is 2.95. The first kappa shape index (κ1) is 21.7. The molecule has 2 aromatic carbocycles. The van der Waals surface area contributed by atoms with Crippen LogP contribution in [0.15, 0.2) is 67.0 Å². The molecule has 5 rings (SSSR count). The molecule has 0 N–H and O–H groups in total. The average molecular weight is 446 g/mol. The van der Waals surface area contributed by atoms with Crippen LogP contribution in [0.3, 0.4) is 0 Å². The standard InChI is InChI=1S/C27H28FN3O2/c28-22-9-4-6-20(16-22)17-23-18-29-19-24(30-23)25-10-5-13-31(25)26(32)27(11-14-33-15-12-27)21-7-2-1-3-8-21/h1-4,6-9,16,18-19,25H,5,10-15,17H2/t25-/m1/s1. The minimum Gasteiger partial charge on any atom is -0.381 e. The zero-order valence-corrected chi connectivity index (χ0v) is 18.6. The first-order chi connectivity index (χ1) is 16.2. The topological polar surface area (TPSA) is 55.3 Å². The number of ether oxygens (including phenoxy) is 1. The van der Waals surface area contributed by atoms with Gasteiger partial charge in [0.2, 0.25) is 5.91 Å². The molecule has 3 heterocycles. The second kappa shape index (κ2) is 9.40. The first-order valence-electron chi connectivity index (χ1n) is 11.7. The van der Waals surface area contributed by atoms with Crippen LogP contribution < -0.4 is 0 Å². The SMILES string of the molecule is O=C(N1CCC[C@@H]1c1cncc(Cc2cccc(F)c2)n1)C1(c2ccccc2)CCOCC1. The van der Waals surface area contributed by atoms with Crippen LogP contribution in [0.25, 0.3) is 0 Å². The van der Waals surface area contributed by atoms with E-state index in [1.165, 1.54) is 12.1 Å². The van der Waals surface area contributed by atoms with Crippen molar-refractivity contribution in [1.29, 1.82) is 0 Å². The molecule has 2 fully saturated rings. The number of likely N-dealkylation sites (tertiary alicyclic amines) is 1. The highest BCUT2D eigenvalue weighted by atomic mass is 19.1. The Morgan fingerprint density at radius 3 is 2.70 bits per heavy atom. The molecule has 33 heavy (non-hydrogen) atoms. The maximum absolute atomic E-state index is 14.1. The highest BCUT2D eigenvalue weighted by Crippen LogP contribution is 2.41. The number of rotatable bonds is 5. The Morgan fingerprint density at radius 1 is 1.09 bits per heavy atom. The molecule has 2 aliphatic heterocycles. The summed E-state index contributed by atoms with van der Waals surface area (Å²) in [6.45, 7) is 1.89. The summed E-state index contributed by atoms with van der Waals surface area (Å²) in [4.78, 5) is 25.4. The second-order valence-electron chi connectivity index (χ2n) is 8.96. The fourth-order valence-electron chi connectivity index (χ4n) is 5.22. The van der Waals surface area contributed by atoms with Gasteiger partial charge in [-0.05, 0) is 48.9 Å². The summed E-state index contributed by atoms with van der Waals surface area (Å²) in [6.07, 6.45) is 7.17. The number of amides is 1. The Bertz CT molecular complexity index is 1120. The van der Waals surface area contributed by atoms with Gasteiger partial charge in [-0.2, -0.15) is 0 Å². The molecule has 1 atom stereocenters. The molecule has 1 amide bonds. The largest absolute Gasteiger partial charge is 0.381 e. The van der Waals surface area contributed by atoms with Gasteiger partial charge in [-0.1, -0.05) is 42.5 Å². The van der Waals surface area contributed by atoms with Crippen LogP contribution in [0.4, 0.5) is 4.39 Å². The van der Waals surface area contributed by atoms with Crippen LogP contribution in [-0.4, -0.2) is 40.5 Å². The average Bonchev–Trinajstić information content (AvgIpc) is 3.35. The molecule has 0 bridgehead atoms. The summed E-state index contributed by atoms with van der Waals surface area (Å²) in [6, 6.07) is 16.6. The maximum atomic E-state index is 14.1. The van der Waals surface area contributed by atoms with Gasteiger partial charge in [0.05, 0.1) is 29.0 Å². The van der Waals surface area contributed by atoms with Gasteiger partial charge in [-0.15, -0.1) is 0 Å². The zero-order valence-electron chi connectivity index (χ0n) is 18.6. The fourth-order valence-corrected chi connectivity index (χ4v) is 5.22. The summed E-state index contributed by atoms with van der Waals surface area (Å²) < 4.78 is 19.2. The van der Waals surface area contributed by atoms with Crippen molar-refractivity contribution in [2.75, 3.05) is 19.8 Å². The maximum Gasteiger partial charge on any atom is 0.233 e. The third-order valence-corrected chi connectivity index (χ3v) is 6.91. The van der Waals surface area contributed by atoms with Gasteiger partial charge in [0, 0.05) is 32.4 Å². The molecular formula is C27H28FN3O2. The number of halogens is 1. The molecule has 5 nitrogen and oxygen atoms in total. The summed E-state index contributed by atoms with van der Waals surface area (Å²) in [5, 5.41) is 0. The van der Waals surface area contributed by atoms with Crippen LogP contribution in [0, 0.1) is 5.82 Å². The van der Waals surface area contributed by atoms with E-state index in [4.69, 9.17) is 9.72 Å². The molecule has 3 aromatic rings. The third kappa shape index (κ3) is 4.40. The van der Waals surface area contributed by atoms with Gasteiger partial charge >= 0.3 is 0 Å². The van der Waals surface area contributed by atoms with E-state index in [1.54, 1.807) is 18.5 Å². The van der Waals surface area contributed by atoms with Crippen molar-refractivity contribution >= 4 is 5.91 Å². The number of benzene rings is 2. The van der Waals surface area contributed by atoms with Crippen molar-refractivity contribution in [3.05, 3.63) is 95.3 Å². The van der Waals surface area contributed by atoms with E-state index >= 15 is 0 Å². The Morgan fingerprint density at radius 2 is 1.91 bits per heavy atom. The first-order valence-corrected chi connectivity index (χ1v) is 11.7. The quantitative estimate of drug-likeness (QED) is 0.575. The van der Waals surface area contributed by atoms with Crippen LogP contribution in [0.5, 0.6) is 0 Å². The van der Waals surface area contributed by atoms with Crippen molar-refractivity contribution in [3.8, 4) is 0 Å². The fraction of sp³-hybridized carbons (Fsp3) is 0.370. The van der Waals surface area contributed by atoms with Crippen molar-refractivity contribution in [1.82, 2.24) is 14.9 Å². The predicted octanol–water partition coefficient (Wildman–Crippen LogP) is 4.62. The Kier molecular flexibility index (Phi) is 6.18. The molecule has 0 saturated carbocycles. The van der Waals surface area contributed by atoms with Crippen molar-refractivity contribution < 1.29 is 13.9 Å². The molecule has 0 radical (unpaired) electrons. The van der Waals surface area contributed by atoms with Gasteiger partial charge in [0.1, 0.15) is 5.82 Å².